The van der Waals surface area contributed by atoms with Crippen molar-refractivity contribution in [3.63, 3.8) is 0 Å². The second-order valence-electron chi connectivity index (χ2n) is 5.26. The Bertz CT molecular complexity index is 805. The van der Waals surface area contributed by atoms with Crippen LogP contribution in [0, 0.1) is 10.1 Å². The molecule has 0 spiro atoms. The highest BCUT2D eigenvalue weighted by atomic mass is 35.5. The van der Waals surface area contributed by atoms with Gasteiger partial charge in [0.1, 0.15) is 11.0 Å². The summed E-state index contributed by atoms with van der Waals surface area (Å²) >= 11 is 5.95. The van der Waals surface area contributed by atoms with Gasteiger partial charge in [-0.15, -0.1) is 0 Å². The fraction of sp³-hybridized carbons (Fsp3) is 0.267. The Labute approximate surface area is 136 Å². The number of aromatic nitrogens is 2. The summed E-state index contributed by atoms with van der Waals surface area (Å²) in [5.41, 5.74) is -0.0659. The molecule has 0 atom stereocenters. The van der Waals surface area contributed by atoms with Gasteiger partial charge in [0.15, 0.2) is 5.78 Å². The standard InChI is InChI=1S/C15H12ClN3O4/c1-8(20)10-4-5-12(11(6-10)19(21)22)23-14-7-13(16)17-15(18-14)9-2-3-9/h4-7,9H,2-3H2,1H3. The van der Waals surface area contributed by atoms with E-state index in [1.165, 1.54) is 31.2 Å². The predicted octanol–water partition coefficient (Wildman–Crippen LogP) is 3.91. The number of Topliss-reactive ketones (excluding diaryl/α,β-unsaturated/α-hetero) is 1. The SMILES string of the molecule is CC(=O)c1ccc(Oc2cc(Cl)nc(C3CC3)n2)c([N+](=O)[O-])c1. The van der Waals surface area contributed by atoms with Gasteiger partial charge < -0.3 is 4.74 Å². The Balaban J connectivity index is 1.96. The predicted molar refractivity (Wildman–Crippen MR) is 82.2 cm³/mol. The molecular weight excluding hydrogens is 322 g/mol. The number of ether oxygens (including phenoxy) is 1. The number of nitro benzene ring substituents is 1. The first-order chi connectivity index (χ1) is 10.9. The number of rotatable bonds is 5. The molecule has 1 fully saturated rings. The summed E-state index contributed by atoms with van der Waals surface area (Å²) in [5, 5.41) is 11.4. The molecule has 0 N–H and O–H groups in total. The first-order valence-corrected chi connectivity index (χ1v) is 7.33. The van der Waals surface area contributed by atoms with Crippen molar-refractivity contribution in [3.8, 4) is 11.6 Å². The van der Waals surface area contributed by atoms with Crippen molar-refractivity contribution in [2.24, 2.45) is 0 Å². The molecule has 1 saturated carbocycles. The van der Waals surface area contributed by atoms with Crippen LogP contribution >= 0.6 is 11.6 Å². The molecule has 0 radical (unpaired) electrons. The van der Waals surface area contributed by atoms with E-state index in [-0.39, 0.29) is 39.7 Å². The van der Waals surface area contributed by atoms with E-state index in [1.807, 2.05) is 0 Å². The van der Waals surface area contributed by atoms with Crippen LogP contribution in [0.5, 0.6) is 11.6 Å². The van der Waals surface area contributed by atoms with E-state index in [2.05, 4.69) is 9.97 Å². The van der Waals surface area contributed by atoms with E-state index in [1.54, 1.807) is 0 Å². The molecule has 0 unspecified atom stereocenters. The summed E-state index contributed by atoms with van der Waals surface area (Å²) in [6.45, 7) is 1.34. The van der Waals surface area contributed by atoms with Crippen molar-refractivity contribution in [1.82, 2.24) is 9.97 Å². The second kappa shape index (κ2) is 5.92. The maximum absolute atomic E-state index is 11.4. The van der Waals surface area contributed by atoms with Crippen LogP contribution in [0.4, 0.5) is 5.69 Å². The second-order valence-corrected chi connectivity index (χ2v) is 5.65. The lowest BCUT2D eigenvalue weighted by Crippen LogP contribution is -2.00. The summed E-state index contributed by atoms with van der Waals surface area (Å²) in [4.78, 5) is 30.3. The molecule has 3 rings (SSSR count). The number of hydrogen-bond donors (Lipinski definition) is 0. The molecular formula is C15H12ClN3O4. The molecule has 118 valence electrons. The summed E-state index contributed by atoms with van der Waals surface area (Å²) in [5.74, 6) is 0.726. The first-order valence-electron chi connectivity index (χ1n) is 6.96. The van der Waals surface area contributed by atoms with Gasteiger partial charge in [0, 0.05) is 23.6 Å². The molecule has 7 nitrogen and oxygen atoms in total. The minimum atomic E-state index is -0.605. The molecule has 1 aliphatic carbocycles. The number of carbonyl (C=O) groups is 1. The molecule has 1 heterocycles. The lowest BCUT2D eigenvalue weighted by molar-refractivity contribution is -0.385. The average Bonchev–Trinajstić information content (AvgIpc) is 3.31. The molecule has 0 amide bonds. The number of halogens is 1. The van der Waals surface area contributed by atoms with E-state index in [4.69, 9.17) is 16.3 Å². The van der Waals surface area contributed by atoms with E-state index in [0.29, 0.717) is 5.82 Å². The molecule has 0 saturated heterocycles. The van der Waals surface area contributed by atoms with E-state index < -0.39 is 4.92 Å². The van der Waals surface area contributed by atoms with Gasteiger partial charge in [0.05, 0.1) is 4.92 Å². The Hall–Kier alpha value is -2.54. The third-order valence-electron chi connectivity index (χ3n) is 3.41. The maximum atomic E-state index is 11.4. The normalized spacial score (nSPS) is 13.7. The Morgan fingerprint density at radius 2 is 2.09 bits per heavy atom. The Morgan fingerprint density at radius 1 is 1.35 bits per heavy atom. The number of nitro groups is 1. The maximum Gasteiger partial charge on any atom is 0.312 e. The van der Waals surface area contributed by atoms with E-state index >= 15 is 0 Å². The van der Waals surface area contributed by atoms with Gasteiger partial charge >= 0.3 is 5.69 Å². The zero-order valence-electron chi connectivity index (χ0n) is 12.2. The van der Waals surface area contributed by atoms with Crippen LogP contribution in [0.1, 0.15) is 41.9 Å². The van der Waals surface area contributed by atoms with Crippen LogP contribution in [0.15, 0.2) is 24.3 Å². The highest BCUT2D eigenvalue weighted by molar-refractivity contribution is 6.29. The van der Waals surface area contributed by atoms with Gasteiger partial charge in [0.25, 0.3) is 0 Å². The monoisotopic (exact) mass is 333 g/mol. The number of hydrogen-bond acceptors (Lipinski definition) is 6. The number of ketones is 1. The van der Waals surface area contributed by atoms with Gasteiger partial charge in [-0.3, -0.25) is 14.9 Å². The number of benzene rings is 1. The minimum absolute atomic E-state index is 0.00323. The summed E-state index contributed by atoms with van der Waals surface area (Å²) in [6, 6.07) is 5.43. The zero-order valence-corrected chi connectivity index (χ0v) is 12.9. The fourth-order valence-corrected chi connectivity index (χ4v) is 2.25. The van der Waals surface area contributed by atoms with Gasteiger partial charge in [0.2, 0.25) is 11.6 Å². The van der Waals surface area contributed by atoms with Crippen molar-refractivity contribution in [3.05, 3.63) is 50.9 Å². The average molecular weight is 334 g/mol. The molecule has 1 aromatic heterocycles. The topological polar surface area (TPSA) is 95.2 Å². The molecule has 23 heavy (non-hydrogen) atoms. The van der Waals surface area contributed by atoms with Crippen LogP contribution in [-0.4, -0.2) is 20.7 Å². The van der Waals surface area contributed by atoms with Crippen LogP contribution in [-0.2, 0) is 0 Å². The Morgan fingerprint density at radius 3 is 2.70 bits per heavy atom. The third-order valence-corrected chi connectivity index (χ3v) is 3.60. The largest absolute Gasteiger partial charge is 0.432 e. The summed E-state index contributed by atoms with van der Waals surface area (Å²) in [7, 11) is 0. The van der Waals surface area contributed by atoms with Crippen molar-refractivity contribution in [2.75, 3.05) is 0 Å². The number of carbonyl (C=O) groups excluding carboxylic acids is 1. The molecule has 1 aromatic carbocycles. The number of nitrogens with zero attached hydrogens (tertiary/aromatic N) is 3. The lowest BCUT2D eigenvalue weighted by atomic mass is 10.1. The van der Waals surface area contributed by atoms with Crippen LogP contribution in [0.3, 0.4) is 0 Å². The van der Waals surface area contributed by atoms with Gasteiger partial charge in [-0.05, 0) is 31.9 Å². The van der Waals surface area contributed by atoms with Crippen molar-refractivity contribution >= 4 is 23.1 Å². The van der Waals surface area contributed by atoms with Gasteiger partial charge in [-0.2, -0.15) is 4.98 Å². The zero-order chi connectivity index (χ0) is 16.6. The molecule has 2 aromatic rings. The Kier molecular flexibility index (Phi) is 3.96. The van der Waals surface area contributed by atoms with Crippen molar-refractivity contribution in [2.45, 2.75) is 25.7 Å². The van der Waals surface area contributed by atoms with E-state index in [0.717, 1.165) is 12.8 Å². The quantitative estimate of drug-likeness (QED) is 0.356. The highest BCUT2D eigenvalue weighted by Gasteiger charge is 2.28. The molecule has 0 bridgehead atoms. The van der Waals surface area contributed by atoms with Crippen LogP contribution in [0.25, 0.3) is 0 Å². The molecule has 0 aliphatic heterocycles. The lowest BCUT2D eigenvalue weighted by Gasteiger charge is -2.08. The van der Waals surface area contributed by atoms with Crippen LogP contribution in [0.2, 0.25) is 5.15 Å². The summed E-state index contributed by atoms with van der Waals surface area (Å²) in [6.07, 6.45) is 1.99. The minimum Gasteiger partial charge on any atom is -0.432 e. The molecule has 8 heteroatoms. The third kappa shape index (κ3) is 3.45. The first kappa shape index (κ1) is 15.4. The van der Waals surface area contributed by atoms with Crippen LogP contribution < -0.4 is 4.74 Å². The summed E-state index contributed by atoms with van der Waals surface area (Å²) < 4.78 is 5.52. The van der Waals surface area contributed by atoms with Gasteiger partial charge in [-0.25, -0.2) is 4.98 Å². The molecule has 1 aliphatic rings. The van der Waals surface area contributed by atoms with Gasteiger partial charge in [-0.1, -0.05) is 11.6 Å². The smallest absolute Gasteiger partial charge is 0.312 e. The van der Waals surface area contributed by atoms with Crippen molar-refractivity contribution < 1.29 is 14.5 Å². The highest BCUT2D eigenvalue weighted by Crippen LogP contribution is 2.40. The van der Waals surface area contributed by atoms with Crippen molar-refractivity contribution in [1.29, 1.82) is 0 Å². The van der Waals surface area contributed by atoms with E-state index in [9.17, 15) is 14.9 Å². The fourth-order valence-electron chi connectivity index (χ4n) is 2.07.